The van der Waals surface area contributed by atoms with Gasteiger partial charge in [0.25, 0.3) is 0 Å². The smallest absolute Gasteiger partial charge is 0.153 e. The number of aryl methyl sites for hydroxylation is 1. The fourth-order valence-corrected chi connectivity index (χ4v) is 1.80. The fourth-order valence-electron chi connectivity index (χ4n) is 1.24. The van der Waals surface area contributed by atoms with Gasteiger partial charge in [0, 0.05) is 0 Å². The Kier molecular flexibility index (Phi) is 2.25. The van der Waals surface area contributed by atoms with Crippen molar-refractivity contribution in [3.63, 3.8) is 0 Å². The molecule has 0 aliphatic carbocycles. The molecule has 2 rings (SSSR count). The third-order valence-corrected chi connectivity index (χ3v) is 2.49. The molecule has 4 nitrogen and oxygen atoms in total. The predicted molar refractivity (Wildman–Crippen MR) is 55.5 cm³/mol. The van der Waals surface area contributed by atoms with E-state index in [0.29, 0.717) is 10.2 Å². The average Bonchev–Trinajstić information content (AvgIpc) is 2.63. The van der Waals surface area contributed by atoms with Crippen molar-refractivity contribution >= 4 is 15.9 Å². The van der Waals surface area contributed by atoms with Gasteiger partial charge in [-0.05, 0) is 40.5 Å². The SMILES string of the molecule is Cc1cc(Br)c(O)c(-n2cnnc2)c1. The normalized spacial score (nSPS) is 10.4. The van der Waals surface area contributed by atoms with Crippen LogP contribution in [-0.2, 0) is 0 Å². The minimum Gasteiger partial charge on any atom is -0.505 e. The number of aromatic nitrogens is 3. The Hall–Kier alpha value is -1.36. The van der Waals surface area contributed by atoms with Crippen molar-refractivity contribution in [2.24, 2.45) is 0 Å². The molecule has 1 heterocycles. The zero-order chi connectivity index (χ0) is 10.1. The molecular weight excluding hydrogens is 246 g/mol. The highest BCUT2D eigenvalue weighted by Gasteiger charge is 2.07. The summed E-state index contributed by atoms with van der Waals surface area (Å²) < 4.78 is 2.33. The van der Waals surface area contributed by atoms with Gasteiger partial charge in [-0.25, -0.2) is 0 Å². The molecule has 2 aromatic rings. The van der Waals surface area contributed by atoms with Crippen LogP contribution in [0.1, 0.15) is 5.56 Å². The lowest BCUT2D eigenvalue weighted by atomic mass is 10.2. The van der Waals surface area contributed by atoms with Crippen LogP contribution in [0.2, 0.25) is 0 Å². The second kappa shape index (κ2) is 3.42. The average molecular weight is 254 g/mol. The maximum Gasteiger partial charge on any atom is 0.153 e. The van der Waals surface area contributed by atoms with Crippen molar-refractivity contribution in [1.29, 1.82) is 0 Å². The predicted octanol–water partition coefficient (Wildman–Crippen LogP) is 2.04. The van der Waals surface area contributed by atoms with Gasteiger partial charge in [-0.2, -0.15) is 0 Å². The molecule has 0 fully saturated rings. The number of rotatable bonds is 1. The first-order valence-electron chi connectivity index (χ1n) is 4.02. The Morgan fingerprint density at radius 2 is 1.93 bits per heavy atom. The Labute approximate surface area is 89.3 Å². The molecule has 0 amide bonds. The van der Waals surface area contributed by atoms with E-state index in [-0.39, 0.29) is 5.75 Å². The van der Waals surface area contributed by atoms with E-state index < -0.39 is 0 Å². The monoisotopic (exact) mass is 253 g/mol. The third-order valence-electron chi connectivity index (χ3n) is 1.88. The summed E-state index contributed by atoms with van der Waals surface area (Å²) in [6.07, 6.45) is 3.09. The highest BCUT2D eigenvalue weighted by Crippen LogP contribution is 2.31. The van der Waals surface area contributed by atoms with E-state index in [1.807, 2.05) is 19.1 Å². The van der Waals surface area contributed by atoms with Crippen LogP contribution >= 0.6 is 15.9 Å². The van der Waals surface area contributed by atoms with Crippen molar-refractivity contribution in [2.75, 3.05) is 0 Å². The molecule has 5 heteroatoms. The first-order chi connectivity index (χ1) is 6.68. The second-order valence-corrected chi connectivity index (χ2v) is 3.84. The number of nitrogens with zero attached hydrogens (tertiary/aromatic N) is 3. The van der Waals surface area contributed by atoms with Gasteiger partial charge in [-0.15, -0.1) is 10.2 Å². The second-order valence-electron chi connectivity index (χ2n) is 2.98. The Morgan fingerprint density at radius 3 is 2.57 bits per heavy atom. The van der Waals surface area contributed by atoms with Gasteiger partial charge in [-0.1, -0.05) is 0 Å². The summed E-state index contributed by atoms with van der Waals surface area (Å²) in [5.41, 5.74) is 1.72. The molecule has 0 radical (unpaired) electrons. The van der Waals surface area contributed by atoms with Crippen LogP contribution in [0.4, 0.5) is 0 Å². The molecule has 0 saturated heterocycles. The summed E-state index contributed by atoms with van der Waals surface area (Å²) in [5, 5.41) is 17.1. The zero-order valence-electron chi connectivity index (χ0n) is 7.48. The van der Waals surface area contributed by atoms with Gasteiger partial charge in [0.2, 0.25) is 0 Å². The van der Waals surface area contributed by atoms with Crippen LogP contribution in [0, 0.1) is 6.92 Å². The van der Waals surface area contributed by atoms with Gasteiger partial charge >= 0.3 is 0 Å². The van der Waals surface area contributed by atoms with E-state index in [1.165, 1.54) is 0 Å². The van der Waals surface area contributed by atoms with Crippen LogP contribution in [-0.4, -0.2) is 19.9 Å². The lowest BCUT2D eigenvalue weighted by Crippen LogP contribution is -1.92. The summed E-state index contributed by atoms with van der Waals surface area (Å²) >= 11 is 3.28. The summed E-state index contributed by atoms with van der Waals surface area (Å²) in [6.45, 7) is 1.96. The lowest BCUT2D eigenvalue weighted by Gasteiger charge is -2.07. The number of hydrogen-bond donors (Lipinski definition) is 1. The topological polar surface area (TPSA) is 50.9 Å². The lowest BCUT2D eigenvalue weighted by molar-refractivity contribution is 0.468. The number of halogens is 1. The number of aromatic hydroxyl groups is 1. The van der Waals surface area contributed by atoms with Gasteiger partial charge in [-0.3, -0.25) is 4.57 Å². The van der Waals surface area contributed by atoms with Gasteiger partial charge < -0.3 is 5.11 Å². The molecule has 14 heavy (non-hydrogen) atoms. The van der Waals surface area contributed by atoms with Crippen LogP contribution in [0.15, 0.2) is 29.3 Å². The third kappa shape index (κ3) is 1.50. The highest BCUT2D eigenvalue weighted by molar-refractivity contribution is 9.10. The van der Waals surface area contributed by atoms with Crippen LogP contribution in [0.25, 0.3) is 5.69 Å². The molecule has 1 N–H and O–H groups in total. The number of hydrogen-bond acceptors (Lipinski definition) is 3. The van der Waals surface area contributed by atoms with E-state index in [1.54, 1.807) is 17.2 Å². The number of benzene rings is 1. The molecule has 1 aromatic carbocycles. The van der Waals surface area contributed by atoms with Gasteiger partial charge in [0.05, 0.1) is 10.2 Å². The van der Waals surface area contributed by atoms with Crippen LogP contribution < -0.4 is 0 Å². The number of phenolic OH excluding ortho intramolecular Hbond substituents is 1. The molecule has 0 aliphatic heterocycles. The summed E-state index contributed by atoms with van der Waals surface area (Å²) in [4.78, 5) is 0. The molecule has 0 bridgehead atoms. The van der Waals surface area contributed by atoms with Crippen molar-refractivity contribution in [3.05, 3.63) is 34.8 Å². The summed E-state index contributed by atoms with van der Waals surface area (Å²) in [6, 6.07) is 3.71. The van der Waals surface area contributed by atoms with Gasteiger partial charge in [0.15, 0.2) is 5.75 Å². The van der Waals surface area contributed by atoms with E-state index in [0.717, 1.165) is 5.56 Å². The highest BCUT2D eigenvalue weighted by atomic mass is 79.9. The molecule has 72 valence electrons. The van der Waals surface area contributed by atoms with Crippen LogP contribution in [0.5, 0.6) is 5.75 Å². The van der Waals surface area contributed by atoms with Crippen molar-refractivity contribution in [2.45, 2.75) is 6.92 Å². The van der Waals surface area contributed by atoms with E-state index >= 15 is 0 Å². The first-order valence-corrected chi connectivity index (χ1v) is 4.82. The quantitative estimate of drug-likeness (QED) is 0.847. The standard InChI is InChI=1S/C9H8BrN3O/c1-6-2-7(10)9(14)8(3-6)13-4-11-12-5-13/h2-5,14H,1H3. The first kappa shape index (κ1) is 9.21. The Bertz CT molecular complexity index is 453. The molecule has 0 saturated carbocycles. The maximum atomic E-state index is 9.77. The molecule has 0 atom stereocenters. The molecule has 0 aliphatic rings. The van der Waals surface area contributed by atoms with Crippen molar-refractivity contribution in [1.82, 2.24) is 14.8 Å². The van der Waals surface area contributed by atoms with Gasteiger partial charge in [0.1, 0.15) is 12.7 Å². The zero-order valence-corrected chi connectivity index (χ0v) is 9.06. The largest absolute Gasteiger partial charge is 0.505 e. The number of phenols is 1. The van der Waals surface area contributed by atoms with E-state index in [2.05, 4.69) is 26.1 Å². The minimum atomic E-state index is 0.190. The van der Waals surface area contributed by atoms with E-state index in [4.69, 9.17) is 0 Å². The Morgan fingerprint density at radius 1 is 1.29 bits per heavy atom. The maximum absolute atomic E-state index is 9.77. The molecular formula is C9H8BrN3O. The molecule has 1 aromatic heterocycles. The molecule has 0 spiro atoms. The fraction of sp³-hybridized carbons (Fsp3) is 0.111. The van der Waals surface area contributed by atoms with Crippen molar-refractivity contribution < 1.29 is 5.11 Å². The van der Waals surface area contributed by atoms with Crippen molar-refractivity contribution in [3.8, 4) is 11.4 Å². The molecule has 0 unspecified atom stereocenters. The summed E-state index contributed by atoms with van der Waals surface area (Å²) in [7, 11) is 0. The van der Waals surface area contributed by atoms with E-state index in [9.17, 15) is 5.11 Å². The minimum absolute atomic E-state index is 0.190. The summed E-state index contributed by atoms with van der Waals surface area (Å²) in [5.74, 6) is 0.190. The van der Waals surface area contributed by atoms with Crippen LogP contribution in [0.3, 0.4) is 0 Å². The Balaban J connectivity index is 2.64.